The van der Waals surface area contributed by atoms with Crippen LogP contribution >= 0.6 is 0 Å². The highest BCUT2D eigenvalue weighted by Crippen LogP contribution is 2.27. The number of benzene rings is 2. The largest absolute Gasteiger partial charge is 0.338 e. The van der Waals surface area contributed by atoms with Crippen molar-refractivity contribution in [3.05, 3.63) is 65.5 Å². The summed E-state index contributed by atoms with van der Waals surface area (Å²) in [6, 6.07) is 13.0. The first kappa shape index (κ1) is 19.1. The smallest absolute Gasteiger partial charge is 0.243 e. The van der Waals surface area contributed by atoms with Gasteiger partial charge in [0.15, 0.2) is 0 Å². The number of nitrogens with zero attached hydrogens (tertiary/aromatic N) is 2. The third kappa shape index (κ3) is 3.69. The minimum Gasteiger partial charge on any atom is -0.338 e. The molecule has 0 N–H and O–H groups in total. The molecular formula is C21H23FN2O3S. The summed E-state index contributed by atoms with van der Waals surface area (Å²) in [5, 5.41) is 0. The molecule has 2 aliphatic heterocycles. The van der Waals surface area contributed by atoms with Crippen LogP contribution in [0.15, 0.2) is 53.4 Å². The molecule has 2 heterocycles. The summed E-state index contributed by atoms with van der Waals surface area (Å²) in [4.78, 5) is 15.0. The van der Waals surface area contributed by atoms with Crippen LogP contribution in [0.4, 0.5) is 4.39 Å². The Morgan fingerprint density at radius 2 is 1.71 bits per heavy atom. The van der Waals surface area contributed by atoms with Gasteiger partial charge in [-0.05, 0) is 54.7 Å². The second-order valence-corrected chi connectivity index (χ2v) is 9.37. The van der Waals surface area contributed by atoms with Crippen LogP contribution in [0.25, 0.3) is 0 Å². The maximum Gasteiger partial charge on any atom is 0.243 e. The summed E-state index contributed by atoms with van der Waals surface area (Å²) in [5.41, 5.74) is 2.43. The van der Waals surface area contributed by atoms with E-state index in [-0.39, 0.29) is 23.3 Å². The molecule has 1 saturated heterocycles. The molecule has 1 fully saturated rings. The Balaban J connectivity index is 1.48. The predicted molar refractivity (Wildman–Crippen MR) is 103 cm³/mol. The molecule has 0 aromatic heterocycles. The molecule has 4 rings (SSSR count). The van der Waals surface area contributed by atoms with Gasteiger partial charge in [-0.3, -0.25) is 4.79 Å². The van der Waals surface area contributed by atoms with E-state index in [0.717, 1.165) is 24.1 Å². The summed E-state index contributed by atoms with van der Waals surface area (Å²) >= 11 is 0. The highest BCUT2D eigenvalue weighted by Gasteiger charge is 2.35. The number of halogens is 1. The number of hydrogen-bond donors (Lipinski definition) is 0. The molecular weight excluding hydrogens is 379 g/mol. The zero-order chi connectivity index (χ0) is 19.7. The van der Waals surface area contributed by atoms with Gasteiger partial charge in [0, 0.05) is 26.2 Å². The number of carbonyl (C=O) groups excluding carboxylic acids is 1. The number of rotatable bonds is 3. The number of amides is 1. The SMILES string of the molecule is O=C(C1CCCN(S(=O)(=O)c2ccc(F)cc2)C1)N1CCc2ccccc2C1. The lowest BCUT2D eigenvalue weighted by Crippen LogP contribution is -2.47. The molecule has 2 aliphatic rings. The Labute approximate surface area is 164 Å². The van der Waals surface area contributed by atoms with Crippen molar-refractivity contribution in [3.63, 3.8) is 0 Å². The molecule has 1 unspecified atom stereocenters. The van der Waals surface area contributed by atoms with Crippen molar-refractivity contribution in [2.75, 3.05) is 19.6 Å². The van der Waals surface area contributed by atoms with E-state index in [4.69, 9.17) is 0 Å². The molecule has 148 valence electrons. The maximum absolute atomic E-state index is 13.1. The van der Waals surface area contributed by atoms with E-state index in [1.165, 1.54) is 22.0 Å². The Kier molecular flexibility index (Phi) is 5.21. The minimum atomic E-state index is -3.73. The Hall–Kier alpha value is -2.25. The van der Waals surface area contributed by atoms with Gasteiger partial charge in [0.25, 0.3) is 0 Å². The lowest BCUT2D eigenvalue weighted by molar-refractivity contribution is -0.137. The third-order valence-corrected chi connectivity index (χ3v) is 7.51. The molecule has 0 saturated carbocycles. The van der Waals surface area contributed by atoms with Gasteiger partial charge >= 0.3 is 0 Å². The van der Waals surface area contributed by atoms with E-state index in [2.05, 4.69) is 6.07 Å². The van der Waals surface area contributed by atoms with Crippen LogP contribution in [0, 0.1) is 11.7 Å². The summed E-state index contributed by atoms with van der Waals surface area (Å²) in [5.74, 6) is -0.793. The van der Waals surface area contributed by atoms with Gasteiger partial charge in [0.05, 0.1) is 10.8 Å². The summed E-state index contributed by atoms with van der Waals surface area (Å²) < 4.78 is 40.3. The number of piperidine rings is 1. The average Bonchev–Trinajstić information content (AvgIpc) is 2.73. The van der Waals surface area contributed by atoms with Gasteiger partial charge in [-0.15, -0.1) is 0 Å². The molecule has 1 atom stereocenters. The lowest BCUT2D eigenvalue weighted by atomic mass is 9.95. The minimum absolute atomic E-state index is 0.0218. The van der Waals surface area contributed by atoms with Crippen LogP contribution in [0.1, 0.15) is 24.0 Å². The van der Waals surface area contributed by atoms with Crippen LogP contribution in [-0.2, 0) is 27.8 Å². The maximum atomic E-state index is 13.1. The van der Waals surface area contributed by atoms with E-state index in [1.807, 2.05) is 23.1 Å². The van der Waals surface area contributed by atoms with Crippen LogP contribution in [0.5, 0.6) is 0 Å². The highest BCUT2D eigenvalue weighted by atomic mass is 32.2. The van der Waals surface area contributed by atoms with Crippen molar-refractivity contribution >= 4 is 15.9 Å². The van der Waals surface area contributed by atoms with Crippen molar-refractivity contribution in [3.8, 4) is 0 Å². The molecule has 2 aromatic rings. The molecule has 28 heavy (non-hydrogen) atoms. The van der Waals surface area contributed by atoms with E-state index in [1.54, 1.807) is 0 Å². The van der Waals surface area contributed by atoms with Crippen molar-refractivity contribution in [2.24, 2.45) is 5.92 Å². The number of sulfonamides is 1. The molecule has 0 radical (unpaired) electrons. The summed E-state index contributed by atoms with van der Waals surface area (Å²) in [6.07, 6.45) is 2.15. The van der Waals surface area contributed by atoms with Crippen LogP contribution in [0.2, 0.25) is 0 Å². The normalized spacial score (nSPS) is 20.6. The second-order valence-electron chi connectivity index (χ2n) is 7.43. The molecule has 0 bridgehead atoms. The van der Waals surface area contributed by atoms with Gasteiger partial charge in [0.2, 0.25) is 15.9 Å². The zero-order valence-electron chi connectivity index (χ0n) is 15.6. The van der Waals surface area contributed by atoms with Crippen molar-refractivity contribution in [2.45, 2.75) is 30.7 Å². The number of hydrogen-bond acceptors (Lipinski definition) is 3. The Morgan fingerprint density at radius 1 is 1.00 bits per heavy atom. The number of carbonyl (C=O) groups is 1. The first-order chi connectivity index (χ1) is 13.4. The first-order valence-corrected chi connectivity index (χ1v) is 11.0. The average molecular weight is 402 g/mol. The standard InChI is InChI=1S/C21H23FN2O3S/c22-19-7-9-20(10-8-19)28(26,27)24-12-3-6-18(15-24)21(25)23-13-11-16-4-1-2-5-17(16)14-23/h1-2,4-5,7-10,18H,3,6,11-15H2. The molecule has 0 spiro atoms. The fourth-order valence-electron chi connectivity index (χ4n) is 4.06. The second kappa shape index (κ2) is 7.64. The fraction of sp³-hybridized carbons (Fsp3) is 0.381. The van der Waals surface area contributed by atoms with Gasteiger partial charge in [-0.1, -0.05) is 24.3 Å². The van der Waals surface area contributed by atoms with Crippen LogP contribution in [-0.4, -0.2) is 43.2 Å². The predicted octanol–water partition coefficient (Wildman–Crippen LogP) is 2.81. The van der Waals surface area contributed by atoms with Crippen LogP contribution < -0.4 is 0 Å². The van der Waals surface area contributed by atoms with Gasteiger partial charge in [-0.25, -0.2) is 12.8 Å². The molecule has 5 nitrogen and oxygen atoms in total. The fourth-order valence-corrected chi connectivity index (χ4v) is 5.58. The molecule has 2 aromatic carbocycles. The van der Waals surface area contributed by atoms with E-state index in [0.29, 0.717) is 32.5 Å². The molecule has 7 heteroatoms. The molecule has 0 aliphatic carbocycles. The first-order valence-electron chi connectivity index (χ1n) is 9.56. The van der Waals surface area contributed by atoms with Crippen LogP contribution in [0.3, 0.4) is 0 Å². The van der Waals surface area contributed by atoms with Crippen molar-refractivity contribution < 1.29 is 17.6 Å². The Morgan fingerprint density at radius 3 is 2.46 bits per heavy atom. The Bertz CT molecular complexity index is 975. The van der Waals surface area contributed by atoms with Crippen molar-refractivity contribution in [1.29, 1.82) is 0 Å². The summed E-state index contributed by atoms with van der Waals surface area (Å²) in [6.45, 7) is 1.80. The zero-order valence-corrected chi connectivity index (χ0v) is 16.4. The number of fused-ring (bicyclic) bond motifs is 1. The van der Waals surface area contributed by atoms with Gasteiger partial charge < -0.3 is 4.90 Å². The monoisotopic (exact) mass is 402 g/mol. The highest BCUT2D eigenvalue weighted by molar-refractivity contribution is 7.89. The summed E-state index contributed by atoms with van der Waals surface area (Å²) in [7, 11) is -3.73. The topological polar surface area (TPSA) is 57.7 Å². The van der Waals surface area contributed by atoms with E-state index in [9.17, 15) is 17.6 Å². The van der Waals surface area contributed by atoms with Gasteiger partial charge in [0.1, 0.15) is 5.82 Å². The molecule has 1 amide bonds. The van der Waals surface area contributed by atoms with E-state index >= 15 is 0 Å². The lowest BCUT2D eigenvalue weighted by Gasteiger charge is -2.36. The van der Waals surface area contributed by atoms with E-state index < -0.39 is 15.8 Å². The van der Waals surface area contributed by atoms with Crippen molar-refractivity contribution in [1.82, 2.24) is 9.21 Å². The quantitative estimate of drug-likeness (QED) is 0.793. The third-order valence-electron chi connectivity index (χ3n) is 5.63. The van der Waals surface area contributed by atoms with Gasteiger partial charge in [-0.2, -0.15) is 4.31 Å².